The molecule has 0 aliphatic carbocycles. The highest BCUT2D eigenvalue weighted by atomic mass is 16.2. The van der Waals surface area contributed by atoms with Gasteiger partial charge >= 0.3 is 0 Å². The van der Waals surface area contributed by atoms with Crippen LogP contribution in [-0.2, 0) is 4.79 Å². The lowest BCUT2D eigenvalue weighted by Crippen LogP contribution is -2.37. The molecule has 0 aromatic heterocycles. The van der Waals surface area contributed by atoms with Gasteiger partial charge in [0.2, 0.25) is 5.91 Å². The third-order valence-electron chi connectivity index (χ3n) is 3.23. The lowest BCUT2D eigenvalue weighted by Gasteiger charge is -2.31. The maximum absolute atomic E-state index is 11.9. The lowest BCUT2D eigenvalue weighted by atomic mass is 9.94. The SMILES string of the molecule is CCC1CCN(C(=O)/C=C/C(C)(C)C)CC1. The smallest absolute Gasteiger partial charge is 0.246 e. The maximum atomic E-state index is 11.9. The molecule has 1 saturated heterocycles. The summed E-state index contributed by atoms with van der Waals surface area (Å²) in [6, 6.07) is 0. The van der Waals surface area contributed by atoms with E-state index in [-0.39, 0.29) is 11.3 Å². The van der Waals surface area contributed by atoms with Gasteiger partial charge in [0.25, 0.3) is 0 Å². The van der Waals surface area contributed by atoms with Crippen LogP contribution >= 0.6 is 0 Å². The summed E-state index contributed by atoms with van der Waals surface area (Å²) in [7, 11) is 0. The monoisotopic (exact) mass is 223 g/mol. The molecule has 0 aromatic carbocycles. The number of carbonyl (C=O) groups excluding carboxylic acids is 1. The fourth-order valence-electron chi connectivity index (χ4n) is 1.99. The number of hydrogen-bond acceptors (Lipinski definition) is 1. The summed E-state index contributed by atoms with van der Waals surface area (Å²) in [5.74, 6) is 1.01. The quantitative estimate of drug-likeness (QED) is 0.658. The van der Waals surface area contributed by atoms with Crippen LogP contribution in [-0.4, -0.2) is 23.9 Å². The molecule has 1 heterocycles. The zero-order chi connectivity index (χ0) is 12.2. The molecule has 1 amide bonds. The first-order chi connectivity index (χ1) is 7.42. The van der Waals surface area contributed by atoms with E-state index in [1.54, 1.807) is 6.08 Å². The van der Waals surface area contributed by atoms with E-state index in [9.17, 15) is 4.79 Å². The Morgan fingerprint density at radius 1 is 1.31 bits per heavy atom. The van der Waals surface area contributed by atoms with Crippen LogP contribution < -0.4 is 0 Å². The molecule has 92 valence electrons. The second-order valence-electron chi connectivity index (χ2n) is 5.88. The van der Waals surface area contributed by atoms with E-state index in [1.807, 2.05) is 11.0 Å². The topological polar surface area (TPSA) is 20.3 Å². The summed E-state index contributed by atoms with van der Waals surface area (Å²) in [6.45, 7) is 10.4. The molecule has 2 heteroatoms. The number of carbonyl (C=O) groups is 1. The zero-order valence-corrected chi connectivity index (χ0v) is 11.1. The predicted molar refractivity (Wildman–Crippen MR) is 68.2 cm³/mol. The molecule has 1 rings (SSSR count). The number of likely N-dealkylation sites (tertiary alicyclic amines) is 1. The van der Waals surface area contributed by atoms with Gasteiger partial charge in [-0.2, -0.15) is 0 Å². The average Bonchev–Trinajstić information content (AvgIpc) is 2.25. The minimum atomic E-state index is 0.0946. The molecular formula is C14H25NO. The minimum absolute atomic E-state index is 0.0946. The summed E-state index contributed by atoms with van der Waals surface area (Å²) < 4.78 is 0. The second kappa shape index (κ2) is 5.51. The van der Waals surface area contributed by atoms with E-state index >= 15 is 0 Å². The van der Waals surface area contributed by atoms with Crippen LogP contribution in [0.25, 0.3) is 0 Å². The van der Waals surface area contributed by atoms with Gasteiger partial charge < -0.3 is 4.90 Å². The summed E-state index contributed by atoms with van der Waals surface area (Å²) in [4.78, 5) is 13.9. The van der Waals surface area contributed by atoms with Crippen molar-refractivity contribution in [2.45, 2.75) is 47.0 Å². The van der Waals surface area contributed by atoms with Crippen molar-refractivity contribution in [2.75, 3.05) is 13.1 Å². The molecule has 0 radical (unpaired) electrons. The molecule has 1 aliphatic rings. The molecule has 0 saturated carbocycles. The van der Waals surface area contributed by atoms with E-state index in [0.717, 1.165) is 19.0 Å². The summed E-state index contributed by atoms with van der Waals surface area (Å²) in [5.41, 5.74) is 0.0946. The lowest BCUT2D eigenvalue weighted by molar-refractivity contribution is -0.127. The molecule has 0 bridgehead atoms. The molecule has 0 atom stereocenters. The third-order valence-corrected chi connectivity index (χ3v) is 3.23. The number of rotatable bonds is 2. The Morgan fingerprint density at radius 2 is 1.88 bits per heavy atom. The van der Waals surface area contributed by atoms with Crippen LogP contribution in [0.4, 0.5) is 0 Å². The van der Waals surface area contributed by atoms with Gasteiger partial charge in [-0.1, -0.05) is 40.2 Å². The Bertz CT molecular complexity index is 254. The summed E-state index contributed by atoms with van der Waals surface area (Å²) in [5, 5.41) is 0. The standard InChI is InChI=1S/C14H25NO/c1-5-12-7-10-15(11-8-12)13(16)6-9-14(2,3)4/h6,9,12H,5,7-8,10-11H2,1-4H3/b9-6+. The van der Waals surface area contributed by atoms with Crippen molar-refractivity contribution in [1.82, 2.24) is 4.90 Å². The van der Waals surface area contributed by atoms with Gasteiger partial charge in [-0.25, -0.2) is 0 Å². The minimum Gasteiger partial charge on any atom is -0.339 e. The molecule has 16 heavy (non-hydrogen) atoms. The van der Waals surface area contributed by atoms with Crippen LogP contribution in [0.1, 0.15) is 47.0 Å². The van der Waals surface area contributed by atoms with Gasteiger partial charge in [0, 0.05) is 13.1 Å². The Kier molecular flexibility index (Phi) is 4.57. The van der Waals surface area contributed by atoms with Crippen LogP contribution in [0.15, 0.2) is 12.2 Å². The Balaban J connectivity index is 2.42. The Morgan fingerprint density at radius 3 is 2.31 bits per heavy atom. The molecular weight excluding hydrogens is 198 g/mol. The molecule has 2 nitrogen and oxygen atoms in total. The van der Waals surface area contributed by atoms with E-state index in [1.165, 1.54) is 19.3 Å². The third kappa shape index (κ3) is 4.38. The first-order valence-corrected chi connectivity index (χ1v) is 6.40. The van der Waals surface area contributed by atoms with Crippen LogP contribution in [0, 0.1) is 11.3 Å². The molecule has 0 aromatic rings. The van der Waals surface area contributed by atoms with Crippen molar-refractivity contribution in [2.24, 2.45) is 11.3 Å². The van der Waals surface area contributed by atoms with Crippen LogP contribution in [0.2, 0.25) is 0 Å². The first-order valence-electron chi connectivity index (χ1n) is 6.40. The molecule has 0 spiro atoms. The van der Waals surface area contributed by atoms with Crippen molar-refractivity contribution in [3.63, 3.8) is 0 Å². The van der Waals surface area contributed by atoms with E-state index < -0.39 is 0 Å². The van der Waals surface area contributed by atoms with E-state index in [2.05, 4.69) is 27.7 Å². The van der Waals surface area contributed by atoms with Crippen LogP contribution in [0.5, 0.6) is 0 Å². The van der Waals surface area contributed by atoms with Crippen molar-refractivity contribution in [3.8, 4) is 0 Å². The Hall–Kier alpha value is -0.790. The molecule has 0 unspecified atom stereocenters. The highest BCUT2D eigenvalue weighted by Gasteiger charge is 2.20. The zero-order valence-electron chi connectivity index (χ0n) is 11.1. The highest BCUT2D eigenvalue weighted by molar-refractivity contribution is 5.87. The second-order valence-corrected chi connectivity index (χ2v) is 5.88. The first kappa shape index (κ1) is 13.3. The fraction of sp³-hybridized carbons (Fsp3) is 0.786. The fourth-order valence-corrected chi connectivity index (χ4v) is 1.99. The average molecular weight is 223 g/mol. The number of allylic oxidation sites excluding steroid dienone is 1. The number of nitrogens with zero attached hydrogens (tertiary/aromatic N) is 1. The van der Waals surface area contributed by atoms with Gasteiger partial charge in [0.15, 0.2) is 0 Å². The van der Waals surface area contributed by atoms with Crippen LogP contribution in [0.3, 0.4) is 0 Å². The molecule has 1 aliphatic heterocycles. The van der Waals surface area contributed by atoms with E-state index in [0.29, 0.717) is 0 Å². The van der Waals surface area contributed by atoms with Gasteiger partial charge in [-0.3, -0.25) is 4.79 Å². The number of hydrogen-bond donors (Lipinski definition) is 0. The van der Waals surface area contributed by atoms with E-state index in [4.69, 9.17) is 0 Å². The maximum Gasteiger partial charge on any atom is 0.246 e. The normalized spacial score (nSPS) is 19.4. The molecule has 0 N–H and O–H groups in total. The highest BCUT2D eigenvalue weighted by Crippen LogP contribution is 2.20. The van der Waals surface area contributed by atoms with Gasteiger partial charge in [0.1, 0.15) is 0 Å². The predicted octanol–water partition coefficient (Wildman–Crippen LogP) is 3.24. The summed E-state index contributed by atoms with van der Waals surface area (Å²) in [6.07, 6.45) is 7.34. The van der Waals surface area contributed by atoms with Gasteiger partial charge in [-0.15, -0.1) is 0 Å². The molecule has 1 fully saturated rings. The van der Waals surface area contributed by atoms with Crippen molar-refractivity contribution in [3.05, 3.63) is 12.2 Å². The van der Waals surface area contributed by atoms with Crippen molar-refractivity contribution in [1.29, 1.82) is 0 Å². The van der Waals surface area contributed by atoms with Crippen molar-refractivity contribution >= 4 is 5.91 Å². The Labute approximate surface area is 99.7 Å². The van der Waals surface area contributed by atoms with Gasteiger partial charge in [0.05, 0.1) is 0 Å². The number of amides is 1. The largest absolute Gasteiger partial charge is 0.339 e. The van der Waals surface area contributed by atoms with Crippen molar-refractivity contribution < 1.29 is 4.79 Å². The number of piperidine rings is 1. The van der Waals surface area contributed by atoms with Gasteiger partial charge in [-0.05, 0) is 30.3 Å². The summed E-state index contributed by atoms with van der Waals surface area (Å²) >= 11 is 0.